The summed E-state index contributed by atoms with van der Waals surface area (Å²) in [5, 5.41) is 0.867. The first kappa shape index (κ1) is 19.2. The SMILES string of the molecule is CC(C)(C)OC(=O)N1C(C(=O)c2c[nH]c3ccccc23)CCC1c1cccnc1. The van der Waals surface area contributed by atoms with Crippen LogP contribution in [0.5, 0.6) is 0 Å². The lowest BCUT2D eigenvalue weighted by atomic mass is 10.0. The second-order valence-electron chi connectivity index (χ2n) is 8.40. The number of hydrogen-bond donors (Lipinski definition) is 1. The maximum atomic E-state index is 13.5. The van der Waals surface area contributed by atoms with E-state index in [9.17, 15) is 9.59 Å². The lowest BCUT2D eigenvalue weighted by Crippen LogP contribution is -2.44. The predicted molar refractivity (Wildman–Crippen MR) is 111 cm³/mol. The second kappa shape index (κ2) is 7.35. The molecule has 1 fully saturated rings. The maximum Gasteiger partial charge on any atom is 0.411 e. The van der Waals surface area contributed by atoms with E-state index in [1.165, 1.54) is 0 Å². The number of amides is 1. The Kier molecular flexibility index (Phi) is 4.86. The van der Waals surface area contributed by atoms with Crippen LogP contribution in [0.4, 0.5) is 4.79 Å². The van der Waals surface area contributed by atoms with Gasteiger partial charge in [-0.2, -0.15) is 0 Å². The van der Waals surface area contributed by atoms with Crippen LogP contribution in [0, 0.1) is 0 Å². The Labute approximate surface area is 169 Å². The molecule has 3 heterocycles. The molecule has 0 radical (unpaired) electrons. The zero-order valence-corrected chi connectivity index (χ0v) is 16.9. The Balaban J connectivity index is 1.71. The molecule has 0 aliphatic carbocycles. The first-order valence-electron chi connectivity index (χ1n) is 9.87. The van der Waals surface area contributed by atoms with Crippen LogP contribution < -0.4 is 0 Å². The molecular formula is C23H25N3O3. The van der Waals surface area contributed by atoms with E-state index in [1.807, 2.05) is 57.2 Å². The molecule has 1 N–H and O–H groups in total. The minimum Gasteiger partial charge on any atom is -0.444 e. The number of carbonyl (C=O) groups excluding carboxylic acids is 2. The van der Waals surface area contributed by atoms with E-state index in [2.05, 4.69) is 9.97 Å². The average Bonchev–Trinajstić information content (AvgIpc) is 3.31. The van der Waals surface area contributed by atoms with Gasteiger partial charge in [0.2, 0.25) is 0 Å². The number of aromatic nitrogens is 2. The number of carbonyl (C=O) groups is 2. The van der Waals surface area contributed by atoms with E-state index in [-0.39, 0.29) is 11.8 Å². The lowest BCUT2D eigenvalue weighted by molar-refractivity contribution is 0.0144. The predicted octanol–water partition coefficient (Wildman–Crippen LogP) is 4.89. The van der Waals surface area contributed by atoms with Crippen LogP contribution in [0.2, 0.25) is 0 Å². The summed E-state index contributed by atoms with van der Waals surface area (Å²) in [6.07, 6.45) is 5.98. The van der Waals surface area contributed by atoms with Crippen molar-refractivity contribution in [2.45, 2.75) is 51.3 Å². The summed E-state index contributed by atoms with van der Waals surface area (Å²) in [7, 11) is 0. The Bertz CT molecular complexity index is 1040. The highest BCUT2D eigenvalue weighted by Crippen LogP contribution is 2.39. The van der Waals surface area contributed by atoms with Crippen LogP contribution in [0.3, 0.4) is 0 Å². The number of ether oxygens (including phenoxy) is 1. The molecule has 150 valence electrons. The Morgan fingerprint density at radius 2 is 1.93 bits per heavy atom. The number of rotatable bonds is 3. The van der Waals surface area contributed by atoms with Crippen molar-refractivity contribution in [2.24, 2.45) is 0 Å². The fraction of sp³-hybridized carbons (Fsp3) is 0.348. The van der Waals surface area contributed by atoms with Gasteiger partial charge in [0.1, 0.15) is 5.60 Å². The zero-order valence-electron chi connectivity index (χ0n) is 16.9. The molecule has 6 nitrogen and oxygen atoms in total. The molecule has 0 spiro atoms. The number of fused-ring (bicyclic) bond motifs is 1. The number of likely N-dealkylation sites (tertiary alicyclic amines) is 1. The summed E-state index contributed by atoms with van der Waals surface area (Å²) in [6.45, 7) is 5.49. The number of benzene rings is 1. The molecule has 0 bridgehead atoms. The van der Waals surface area contributed by atoms with Gasteiger partial charge >= 0.3 is 6.09 Å². The number of H-pyrrole nitrogens is 1. The molecular weight excluding hydrogens is 366 g/mol. The summed E-state index contributed by atoms with van der Waals surface area (Å²) in [5.41, 5.74) is 1.77. The molecule has 1 saturated heterocycles. The van der Waals surface area contributed by atoms with E-state index in [0.29, 0.717) is 18.4 Å². The van der Waals surface area contributed by atoms with Gasteiger partial charge in [-0.25, -0.2) is 4.79 Å². The lowest BCUT2D eigenvalue weighted by Gasteiger charge is -2.32. The van der Waals surface area contributed by atoms with Crippen LogP contribution in [0.1, 0.15) is 55.6 Å². The van der Waals surface area contributed by atoms with Crippen molar-refractivity contribution in [1.82, 2.24) is 14.9 Å². The van der Waals surface area contributed by atoms with Crippen molar-refractivity contribution in [3.8, 4) is 0 Å². The van der Waals surface area contributed by atoms with Gasteiger partial charge in [0.05, 0.1) is 12.1 Å². The molecule has 1 amide bonds. The van der Waals surface area contributed by atoms with Crippen molar-refractivity contribution in [2.75, 3.05) is 0 Å². The number of para-hydroxylation sites is 1. The maximum absolute atomic E-state index is 13.5. The summed E-state index contributed by atoms with van der Waals surface area (Å²) in [5.74, 6) is -0.0697. The average molecular weight is 391 g/mol. The number of nitrogens with one attached hydrogen (secondary N) is 1. The van der Waals surface area contributed by atoms with E-state index in [4.69, 9.17) is 4.74 Å². The van der Waals surface area contributed by atoms with Crippen molar-refractivity contribution in [1.29, 1.82) is 0 Å². The molecule has 3 aromatic rings. The molecule has 4 rings (SSSR count). The number of ketones is 1. The fourth-order valence-corrected chi connectivity index (χ4v) is 3.99. The van der Waals surface area contributed by atoms with Gasteiger partial charge in [-0.15, -0.1) is 0 Å². The van der Waals surface area contributed by atoms with Crippen LogP contribution in [0.15, 0.2) is 55.0 Å². The van der Waals surface area contributed by atoms with Crippen molar-refractivity contribution in [3.63, 3.8) is 0 Å². The Morgan fingerprint density at radius 1 is 1.14 bits per heavy atom. The topological polar surface area (TPSA) is 75.3 Å². The largest absolute Gasteiger partial charge is 0.444 e. The molecule has 1 aliphatic heterocycles. The Morgan fingerprint density at radius 3 is 2.66 bits per heavy atom. The van der Waals surface area contributed by atoms with Crippen LogP contribution in [-0.4, -0.2) is 38.4 Å². The fourth-order valence-electron chi connectivity index (χ4n) is 3.99. The third-order valence-corrected chi connectivity index (χ3v) is 5.22. The molecule has 29 heavy (non-hydrogen) atoms. The quantitative estimate of drug-likeness (QED) is 0.645. The minimum absolute atomic E-state index is 0.0697. The molecule has 1 aromatic carbocycles. The third-order valence-electron chi connectivity index (χ3n) is 5.22. The van der Waals surface area contributed by atoms with E-state index >= 15 is 0 Å². The van der Waals surface area contributed by atoms with E-state index < -0.39 is 17.7 Å². The van der Waals surface area contributed by atoms with Gasteiger partial charge in [-0.1, -0.05) is 24.3 Å². The first-order chi connectivity index (χ1) is 13.8. The summed E-state index contributed by atoms with van der Waals surface area (Å²) < 4.78 is 5.67. The standard InChI is InChI=1S/C23H25N3O3/c1-23(2,3)29-22(28)26-19(15-7-6-12-24-13-15)10-11-20(26)21(27)17-14-25-18-9-5-4-8-16(17)18/h4-9,12-14,19-20,25H,10-11H2,1-3H3. The van der Waals surface area contributed by atoms with Crippen LogP contribution in [-0.2, 0) is 4.74 Å². The van der Waals surface area contributed by atoms with Crippen LogP contribution in [0.25, 0.3) is 10.9 Å². The van der Waals surface area contributed by atoms with Crippen molar-refractivity contribution in [3.05, 3.63) is 66.1 Å². The number of hydrogen-bond acceptors (Lipinski definition) is 4. The third kappa shape index (κ3) is 3.75. The highest BCUT2D eigenvalue weighted by molar-refractivity contribution is 6.11. The normalized spacial score (nSPS) is 19.5. The summed E-state index contributed by atoms with van der Waals surface area (Å²) in [4.78, 5) is 35.6. The molecule has 1 aliphatic rings. The van der Waals surface area contributed by atoms with Crippen molar-refractivity contribution < 1.29 is 14.3 Å². The molecule has 2 unspecified atom stereocenters. The van der Waals surface area contributed by atoms with Gasteiger partial charge in [0.15, 0.2) is 5.78 Å². The van der Waals surface area contributed by atoms with Gasteiger partial charge < -0.3 is 9.72 Å². The van der Waals surface area contributed by atoms with E-state index in [1.54, 1.807) is 23.5 Å². The molecule has 2 aromatic heterocycles. The number of aromatic amines is 1. The number of nitrogens with zero attached hydrogens (tertiary/aromatic N) is 2. The van der Waals surface area contributed by atoms with Crippen molar-refractivity contribution >= 4 is 22.8 Å². The van der Waals surface area contributed by atoms with Gasteiger partial charge in [0.25, 0.3) is 0 Å². The Hall–Kier alpha value is -3.15. The number of Topliss-reactive ketones (excluding diaryl/α,β-unsaturated/α-hetero) is 1. The highest BCUT2D eigenvalue weighted by atomic mass is 16.6. The second-order valence-corrected chi connectivity index (χ2v) is 8.40. The number of pyridine rings is 1. The van der Waals surface area contributed by atoms with Crippen LogP contribution >= 0.6 is 0 Å². The van der Waals surface area contributed by atoms with Gasteiger partial charge in [0, 0.05) is 35.1 Å². The van der Waals surface area contributed by atoms with E-state index in [0.717, 1.165) is 16.5 Å². The first-order valence-corrected chi connectivity index (χ1v) is 9.87. The zero-order chi connectivity index (χ0) is 20.6. The molecule has 2 atom stereocenters. The summed E-state index contributed by atoms with van der Waals surface area (Å²) >= 11 is 0. The highest BCUT2D eigenvalue weighted by Gasteiger charge is 2.44. The molecule has 6 heteroatoms. The minimum atomic E-state index is -0.645. The molecule has 0 saturated carbocycles. The smallest absolute Gasteiger partial charge is 0.411 e. The summed E-state index contributed by atoms with van der Waals surface area (Å²) in [6, 6.07) is 10.7. The monoisotopic (exact) mass is 391 g/mol. The van der Waals surface area contributed by atoms with Gasteiger partial charge in [-0.3, -0.25) is 14.7 Å². The van der Waals surface area contributed by atoms with Gasteiger partial charge in [-0.05, 0) is 51.3 Å².